The molecule has 0 bridgehead atoms. The van der Waals surface area contributed by atoms with Crippen LogP contribution in [0.3, 0.4) is 0 Å². The molecule has 5 aromatic rings. The maximum Gasteiger partial charge on any atom is 0.266 e. The first-order valence-corrected chi connectivity index (χ1v) is 13.6. The summed E-state index contributed by atoms with van der Waals surface area (Å²) in [5, 5.41) is 0. The number of aromatic nitrogens is 1. The fourth-order valence-corrected chi connectivity index (χ4v) is 7.04. The Morgan fingerprint density at radius 1 is 0.811 bits per heavy atom. The van der Waals surface area contributed by atoms with Crippen LogP contribution in [0, 0.1) is 0 Å². The van der Waals surface area contributed by atoms with Crippen molar-refractivity contribution in [2.45, 2.75) is 10.8 Å². The topological polar surface area (TPSA) is 67.3 Å². The molecule has 5 nitrogen and oxygen atoms in total. The SMILES string of the molecule is O=C(CSc1nc2ccc(N3C(=O)c4ccccc4C3=O)cc2s1)c1ccc2c(c1)Cc1ccccc1-2. The van der Waals surface area contributed by atoms with Crippen LogP contribution in [0.1, 0.15) is 42.2 Å². The number of imide groups is 1. The number of rotatable bonds is 5. The van der Waals surface area contributed by atoms with Gasteiger partial charge in [0.15, 0.2) is 10.1 Å². The monoisotopic (exact) mass is 518 g/mol. The smallest absolute Gasteiger partial charge is 0.266 e. The number of hydrogen-bond donors (Lipinski definition) is 0. The van der Waals surface area contributed by atoms with E-state index in [1.807, 2.05) is 36.4 Å². The third-order valence-electron chi connectivity index (χ3n) is 6.85. The minimum atomic E-state index is -0.317. The van der Waals surface area contributed by atoms with E-state index >= 15 is 0 Å². The van der Waals surface area contributed by atoms with Crippen molar-refractivity contribution in [2.24, 2.45) is 0 Å². The Morgan fingerprint density at radius 2 is 1.51 bits per heavy atom. The van der Waals surface area contributed by atoms with E-state index in [2.05, 4.69) is 23.2 Å². The number of Topliss-reactive ketones (excluding diaryl/α,β-unsaturated/α-hetero) is 1. The van der Waals surface area contributed by atoms with Gasteiger partial charge in [-0.25, -0.2) is 9.88 Å². The summed E-state index contributed by atoms with van der Waals surface area (Å²) >= 11 is 2.86. The maximum atomic E-state index is 13.0. The van der Waals surface area contributed by atoms with Crippen LogP contribution >= 0.6 is 23.1 Å². The summed E-state index contributed by atoms with van der Waals surface area (Å²) in [6, 6.07) is 26.6. The second kappa shape index (κ2) is 8.50. The summed E-state index contributed by atoms with van der Waals surface area (Å²) in [7, 11) is 0. The molecule has 0 fully saturated rings. The van der Waals surface area contributed by atoms with Gasteiger partial charge in [0.05, 0.1) is 32.8 Å². The molecule has 0 saturated carbocycles. The van der Waals surface area contributed by atoms with Crippen molar-refractivity contribution in [3.63, 3.8) is 0 Å². The minimum absolute atomic E-state index is 0.0646. The van der Waals surface area contributed by atoms with Crippen molar-refractivity contribution in [2.75, 3.05) is 10.7 Å². The molecular formula is C30H18N2O3S2. The van der Waals surface area contributed by atoms with Gasteiger partial charge >= 0.3 is 0 Å². The Balaban J connectivity index is 1.08. The summed E-state index contributed by atoms with van der Waals surface area (Å²) in [6.45, 7) is 0. The molecular weight excluding hydrogens is 500 g/mol. The Hall–Kier alpha value is -4.07. The number of amides is 2. The first-order valence-electron chi connectivity index (χ1n) is 11.8. The summed E-state index contributed by atoms with van der Waals surface area (Å²) in [5.41, 5.74) is 7.80. The Kier molecular flexibility index (Phi) is 5.09. The van der Waals surface area contributed by atoms with E-state index in [1.54, 1.807) is 30.3 Å². The van der Waals surface area contributed by atoms with Crippen LogP contribution in [-0.2, 0) is 6.42 Å². The van der Waals surface area contributed by atoms with Gasteiger partial charge in [-0.2, -0.15) is 0 Å². The highest BCUT2D eigenvalue weighted by Crippen LogP contribution is 2.38. The van der Waals surface area contributed by atoms with Crippen molar-refractivity contribution in [3.8, 4) is 11.1 Å². The fourth-order valence-electron chi connectivity index (χ4n) is 5.05. The summed E-state index contributed by atoms with van der Waals surface area (Å²) in [5.74, 6) is -0.282. The summed E-state index contributed by atoms with van der Waals surface area (Å²) in [6.07, 6.45) is 0.854. The number of fused-ring (bicyclic) bond motifs is 5. The van der Waals surface area contributed by atoms with Gasteiger partial charge in [0.25, 0.3) is 11.8 Å². The van der Waals surface area contributed by atoms with Gasteiger partial charge in [-0.05, 0) is 65.1 Å². The average Bonchev–Trinajstić information content (AvgIpc) is 3.58. The number of anilines is 1. The van der Waals surface area contributed by atoms with Crippen LogP contribution in [0.4, 0.5) is 5.69 Å². The summed E-state index contributed by atoms with van der Waals surface area (Å²) in [4.78, 5) is 44.5. The highest BCUT2D eigenvalue weighted by Gasteiger charge is 2.36. The second-order valence-corrected chi connectivity index (χ2v) is 11.3. The number of carbonyl (C=O) groups is 3. The van der Waals surface area contributed by atoms with Crippen molar-refractivity contribution in [3.05, 3.63) is 113 Å². The quantitative estimate of drug-likeness (QED) is 0.145. The predicted octanol–water partition coefficient (Wildman–Crippen LogP) is 6.64. The molecule has 178 valence electrons. The number of benzene rings is 4. The van der Waals surface area contributed by atoms with Crippen molar-refractivity contribution in [1.82, 2.24) is 4.98 Å². The van der Waals surface area contributed by atoms with Gasteiger partial charge in [0.1, 0.15) is 0 Å². The molecule has 37 heavy (non-hydrogen) atoms. The normalized spacial score (nSPS) is 13.7. The largest absolute Gasteiger partial charge is 0.293 e. The van der Waals surface area contributed by atoms with Gasteiger partial charge in [-0.3, -0.25) is 14.4 Å². The molecule has 0 saturated heterocycles. The van der Waals surface area contributed by atoms with E-state index in [9.17, 15) is 14.4 Å². The van der Waals surface area contributed by atoms with Crippen LogP contribution in [0.25, 0.3) is 21.3 Å². The molecule has 7 rings (SSSR count). The second-order valence-electron chi connectivity index (χ2n) is 9.04. The maximum absolute atomic E-state index is 13.0. The van der Waals surface area contributed by atoms with Crippen LogP contribution < -0.4 is 4.90 Å². The summed E-state index contributed by atoms with van der Waals surface area (Å²) < 4.78 is 1.63. The molecule has 4 aromatic carbocycles. The lowest BCUT2D eigenvalue weighted by molar-refractivity contribution is 0.0925. The lowest BCUT2D eigenvalue weighted by Crippen LogP contribution is -2.29. The van der Waals surface area contributed by atoms with Crippen molar-refractivity contribution < 1.29 is 14.4 Å². The Bertz CT molecular complexity index is 1750. The van der Waals surface area contributed by atoms with Crippen LogP contribution in [0.15, 0.2) is 89.3 Å². The average molecular weight is 519 g/mol. The molecule has 1 aliphatic heterocycles. The van der Waals surface area contributed by atoms with Crippen LogP contribution in [0.5, 0.6) is 0 Å². The van der Waals surface area contributed by atoms with Crippen molar-refractivity contribution >= 4 is 56.6 Å². The van der Waals surface area contributed by atoms with E-state index in [4.69, 9.17) is 0 Å². The molecule has 1 aromatic heterocycles. The molecule has 0 unspecified atom stereocenters. The molecule has 0 spiro atoms. The minimum Gasteiger partial charge on any atom is -0.293 e. The van der Waals surface area contributed by atoms with Crippen LogP contribution in [0.2, 0.25) is 0 Å². The lowest BCUT2D eigenvalue weighted by Gasteiger charge is -2.13. The fraction of sp³-hybridized carbons (Fsp3) is 0.0667. The molecule has 7 heteroatoms. The number of carbonyl (C=O) groups excluding carboxylic acids is 3. The molecule has 2 aliphatic rings. The van der Waals surface area contributed by atoms with Gasteiger partial charge < -0.3 is 0 Å². The highest BCUT2D eigenvalue weighted by molar-refractivity contribution is 8.01. The van der Waals surface area contributed by atoms with Crippen molar-refractivity contribution in [1.29, 1.82) is 0 Å². The van der Waals surface area contributed by atoms with E-state index in [0.29, 0.717) is 22.4 Å². The van der Waals surface area contributed by atoms with Crippen LogP contribution in [-0.4, -0.2) is 28.3 Å². The van der Waals surface area contributed by atoms with Gasteiger partial charge in [-0.15, -0.1) is 11.3 Å². The molecule has 0 radical (unpaired) electrons. The van der Waals surface area contributed by atoms with E-state index < -0.39 is 0 Å². The first kappa shape index (κ1) is 22.2. The van der Waals surface area contributed by atoms with E-state index in [0.717, 1.165) is 21.0 Å². The third kappa shape index (κ3) is 3.62. The number of thiazole rings is 1. The van der Waals surface area contributed by atoms with Gasteiger partial charge in [0.2, 0.25) is 0 Å². The number of ketones is 1. The lowest BCUT2D eigenvalue weighted by atomic mass is 10.0. The zero-order chi connectivity index (χ0) is 25.1. The number of nitrogens with zero attached hydrogens (tertiary/aromatic N) is 2. The molecule has 2 heterocycles. The highest BCUT2D eigenvalue weighted by atomic mass is 32.2. The number of thioether (sulfide) groups is 1. The zero-order valence-electron chi connectivity index (χ0n) is 19.4. The van der Waals surface area contributed by atoms with Gasteiger partial charge in [0, 0.05) is 5.56 Å². The molecule has 0 N–H and O–H groups in total. The van der Waals surface area contributed by atoms with E-state index in [-0.39, 0.29) is 23.4 Å². The number of hydrogen-bond acceptors (Lipinski definition) is 6. The van der Waals surface area contributed by atoms with Gasteiger partial charge in [-0.1, -0.05) is 60.3 Å². The molecule has 0 atom stereocenters. The first-order chi connectivity index (χ1) is 18.1. The van der Waals surface area contributed by atoms with E-state index in [1.165, 1.54) is 50.3 Å². The Morgan fingerprint density at radius 3 is 2.30 bits per heavy atom. The Labute approximate surface area is 220 Å². The predicted molar refractivity (Wildman–Crippen MR) is 147 cm³/mol. The third-order valence-corrected chi connectivity index (χ3v) is 9.01. The zero-order valence-corrected chi connectivity index (χ0v) is 21.1. The standard InChI is InChI=1S/C30H18N2O3S2/c33-26(18-9-11-22-19(14-18)13-17-5-1-2-6-21(17)22)16-36-30-31-25-12-10-20(15-27(25)37-30)32-28(34)23-7-3-4-8-24(23)29(32)35/h1-12,14-15H,13,16H2. The molecule has 2 amide bonds. The molecule has 1 aliphatic carbocycles.